The van der Waals surface area contributed by atoms with Crippen LogP contribution in [-0.4, -0.2) is 19.0 Å². The summed E-state index contributed by atoms with van der Waals surface area (Å²) in [4.78, 5) is 5.95. The van der Waals surface area contributed by atoms with Crippen molar-refractivity contribution in [3.63, 3.8) is 0 Å². The summed E-state index contributed by atoms with van der Waals surface area (Å²) in [6.07, 6.45) is 3.52. The third-order valence-electron chi connectivity index (χ3n) is 3.77. The Hall–Kier alpha value is -2.53. The summed E-state index contributed by atoms with van der Waals surface area (Å²) in [6, 6.07) is 18.6. The Kier molecular flexibility index (Phi) is 6.70. The van der Waals surface area contributed by atoms with Crippen LogP contribution in [-0.2, 0) is 19.4 Å². The molecule has 0 aliphatic rings. The maximum Gasteiger partial charge on any atom is 0.191 e. The fourth-order valence-corrected chi connectivity index (χ4v) is 3.09. The number of guanidine groups is 1. The monoisotopic (exact) mass is 353 g/mol. The first-order chi connectivity index (χ1) is 12.4. The van der Waals surface area contributed by atoms with Crippen molar-refractivity contribution in [3.05, 3.63) is 82.4 Å². The summed E-state index contributed by atoms with van der Waals surface area (Å²) in [5, 5.41) is 8.89. The minimum Gasteiger partial charge on any atom is -0.469 e. The van der Waals surface area contributed by atoms with Gasteiger partial charge in [-0.15, -0.1) is 11.3 Å². The van der Waals surface area contributed by atoms with E-state index >= 15 is 0 Å². The van der Waals surface area contributed by atoms with Crippen molar-refractivity contribution in [3.8, 4) is 0 Å². The molecule has 0 spiro atoms. The van der Waals surface area contributed by atoms with Gasteiger partial charge < -0.3 is 15.1 Å². The molecule has 0 saturated heterocycles. The van der Waals surface area contributed by atoms with Gasteiger partial charge >= 0.3 is 0 Å². The highest BCUT2D eigenvalue weighted by atomic mass is 32.1. The molecule has 130 valence electrons. The van der Waals surface area contributed by atoms with Crippen molar-refractivity contribution in [2.24, 2.45) is 4.99 Å². The molecule has 2 aromatic heterocycles. The SMILES string of the molecule is c1ccc(CCNC(=NCc2cccs2)NCCc2ccco2)cc1. The minimum absolute atomic E-state index is 0.694. The molecule has 5 heteroatoms. The average Bonchev–Trinajstić information content (AvgIpc) is 3.34. The zero-order chi connectivity index (χ0) is 17.2. The Balaban J connectivity index is 1.50. The highest BCUT2D eigenvalue weighted by molar-refractivity contribution is 7.09. The Morgan fingerprint density at radius 2 is 1.76 bits per heavy atom. The van der Waals surface area contributed by atoms with Crippen LogP contribution in [0.4, 0.5) is 0 Å². The molecule has 1 aromatic carbocycles. The molecule has 0 unspecified atom stereocenters. The molecular weight excluding hydrogens is 330 g/mol. The predicted molar refractivity (Wildman–Crippen MR) is 104 cm³/mol. The Morgan fingerprint density at radius 3 is 2.48 bits per heavy atom. The second kappa shape index (κ2) is 9.69. The van der Waals surface area contributed by atoms with Crippen LogP contribution in [0.25, 0.3) is 0 Å². The smallest absolute Gasteiger partial charge is 0.191 e. The summed E-state index contributed by atoms with van der Waals surface area (Å²) >= 11 is 1.73. The molecule has 0 bridgehead atoms. The standard InChI is InChI=1S/C20H23N3OS/c1-2-6-17(7-3-1)10-12-21-20(23-16-19-9-5-15-25-19)22-13-11-18-8-4-14-24-18/h1-9,14-15H,10-13,16H2,(H2,21,22,23). The summed E-state index contributed by atoms with van der Waals surface area (Å²) in [6.45, 7) is 2.33. The van der Waals surface area contributed by atoms with E-state index in [2.05, 4.69) is 52.4 Å². The molecule has 2 heterocycles. The molecule has 0 aliphatic carbocycles. The summed E-state index contributed by atoms with van der Waals surface area (Å²) in [7, 11) is 0. The fourth-order valence-electron chi connectivity index (χ4n) is 2.46. The zero-order valence-electron chi connectivity index (χ0n) is 14.2. The highest BCUT2D eigenvalue weighted by Gasteiger charge is 2.01. The Morgan fingerprint density at radius 1 is 0.920 bits per heavy atom. The maximum atomic E-state index is 5.37. The van der Waals surface area contributed by atoms with E-state index in [4.69, 9.17) is 9.41 Å². The van der Waals surface area contributed by atoms with E-state index in [9.17, 15) is 0 Å². The van der Waals surface area contributed by atoms with Gasteiger partial charge in [-0.3, -0.25) is 0 Å². The number of rotatable bonds is 8. The largest absolute Gasteiger partial charge is 0.469 e. The van der Waals surface area contributed by atoms with Crippen LogP contribution in [0.15, 0.2) is 75.7 Å². The van der Waals surface area contributed by atoms with E-state index in [1.54, 1.807) is 17.6 Å². The van der Waals surface area contributed by atoms with Gasteiger partial charge in [-0.05, 0) is 35.6 Å². The van der Waals surface area contributed by atoms with Gasteiger partial charge in [0.25, 0.3) is 0 Å². The predicted octanol–water partition coefficient (Wildman–Crippen LogP) is 3.86. The van der Waals surface area contributed by atoms with E-state index in [1.807, 2.05) is 18.2 Å². The van der Waals surface area contributed by atoms with Crippen LogP contribution in [0.2, 0.25) is 0 Å². The second-order valence-electron chi connectivity index (χ2n) is 5.66. The number of benzene rings is 1. The van der Waals surface area contributed by atoms with Gasteiger partial charge in [-0.2, -0.15) is 0 Å². The molecule has 3 rings (SSSR count). The average molecular weight is 353 g/mol. The van der Waals surface area contributed by atoms with Crippen molar-refractivity contribution < 1.29 is 4.42 Å². The molecule has 0 amide bonds. The van der Waals surface area contributed by atoms with Crippen LogP contribution in [0, 0.1) is 0 Å². The molecular formula is C20H23N3OS. The Bertz CT molecular complexity index is 737. The van der Waals surface area contributed by atoms with E-state index in [-0.39, 0.29) is 0 Å². The van der Waals surface area contributed by atoms with E-state index in [1.165, 1.54) is 10.4 Å². The number of furan rings is 1. The lowest BCUT2D eigenvalue weighted by atomic mass is 10.1. The van der Waals surface area contributed by atoms with E-state index in [0.29, 0.717) is 6.54 Å². The lowest BCUT2D eigenvalue weighted by Gasteiger charge is -2.12. The van der Waals surface area contributed by atoms with Crippen molar-refractivity contribution >= 4 is 17.3 Å². The van der Waals surface area contributed by atoms with Crippen molar-refractivity contribution in [2.45, 2.75) is 19.4 Å². The normalized spacial score (nSPS) is 11.4. The van der Waals surface area contributed by atoms with Gasteiger partial charge in [-0.25, -0.2) is 4.99 Å². The van der Waals surface area contributed by atoms with Crippen molar-refractivity contribution in [1.82, 2.24) is 10.6 Å². The maximum absolute atomic E-state index is 5.37. The van der Waals surface area contributed by atoms with Crippen molar-refractivity contribution in [2.75, 3.05) is 13.1 Å². The first kappa shape index (κ1) is 17.3. The summed E-state index contributed by atoms with van der Waals surface area (Å²) in [5.74, 6) is 1.82. The topological polar surface area (TPSA) is 49.6 Å². The number of nitrogens with zero attached hydrogens (tertiary/aromatic N) is 1. The van der Waals surface area contributed by atoms with E-state index in [0.717, 1.165) is 37.7 Å². The van der Waals surface area contributed by atoms with Crippen molar-refractivity contribution in [1.29, 1.82) is 0 Å². The minimum atomic E-state index is 0.694. The van der Waals surface area contributed by atoms with Crippen LogP contribution in [0.1, 0.15) is 16.2 Å². The number of hydrogen-bond acceptors (Lipinski definition) is 3. The molecule has 0 atom stereocenters. The van der Waals surface area contributed by atoms with Gasteiger partial charge in [0.2, 0.25) is 0 Å². The van der Waals surface area contributed by atoms with Gasteiger partial charge in [0.1, 0.15) is 5.76 Å². The quantitative estimate of drug-likeness (QED) is 0.477. The fraction of sp³-hybridized carbons (Fsp3) is 0.250. The van der Waals surface area contributed by atoms with Crippen LogP contribution >= 0.6 is 11.3 Å². The molecule has 0 radical (unpaired) electrons. The summed E-state index contributed by atoms with van der Waals surface area (Å²) < 4.78 is 5.37. The number of aliphatic imine (C=N–C) groups is 1. The highest BCUT2D eigenvalue weighted by Crippen LogP contribution is 2.09. The van der Waals surface area contributed by atoms with Gasteiger partial charge in [-0.1, -0.05) is 36.4 Å². The molecule has 3 aromatic rings. The first-order valence-corrected chi connectivity index (χ1v) is 9.39. The van der Waals surface area contributed by atoms with E-state index < -0.39 is 0 Å². The molecule has 2 N–H and O–H groups in total. The Labute approximate surface area is 152 Å². The van der Waals surface area contributed by atoms with Crippen LogP contribution < -0.4 is 10.6 Å². The summed E-state index contributed by atoms with van der Waals surface area (Å²) in [5.41, 5.74) is 1.32. The van der Waals surface area contributed by atoms with Gasteiger partial charge in [0.05, 0.1) is 12.8 Å². The van der Waals surface area contributed by atoms with Gasteiger partial charge in [0, 0.05) is 24.4 Å². The van der Waals surface area contributed by atoms with Crippen LogP contribution in [0.5, 0.6) is 0 Å². The lowest BCUT2D eigenvalue weighted by Crippen LogP contribution is -2.39. The third kappa shape index (κ3) is 6.12. The number of nitrogens with one attached hydrogen (secondary N) is 2. The third-order valence-corrected chi connectivity index (χ3v) is 4.63. The van der Waals surface area contributed by atoms with Gasteiger partial charge in [0.15, 0.2) is 5.96 Å². The molecule has 0 saturated carbocycles. The second-order valence-corrected chi connectivity index (χ2v) is 6.69. The number of hydrogen-bond donors (Lipinski definition) is 2. The molecule has 25 heavy (non-hydrogen) atoms. The zero-order valence-corrected chi connectivity index (χ0v) is 15.0. The molecule has 0 fully saturated rings. The number of thiophene rings is 1. The molecule has 0 aliphatic heterocycles. The van der Waals surface area contributed by atoms with Crippen LogP contribution in [0.3, 0.4) is 0 Å². The first-order valence-electron chi connectivity index (χ1n) is 8.51. The lowest BCUT2D eigenvalue weighted by molar-refractivity contribution is 0.506. The molecule has 4 nitrogen and oxygen atoms in total.